The number of halogens is 3. The summed E-state index contributed by atoms with van der Waals surface area (Å²) in [7, 11) is 1.70. The number of alkyl halides is 3. The van der Waals surface area contributed by atoms with Gasteiger partial charge in [-0.15, -0.1) is 0 Å². The molecule has 1 saturated carbocycles. The Kier molecular flexibility index (Phi) is 6.23. The number of aromatic nitrogens is 2. The lowest BCUT2D eigenvalue weighted by molar-refractivity contribution is -0.137. The SMILES string of the molecule is COc1cc(N2CCN(C3CCC(c4c[nH]c5ccc(C(F)(F)F)cc45)CC3)CC2)c2ncccc2c1. The van der Waals surface area contributed by atoms with Gasteiger partial charge in [-0.05, 0) is 67.5 Å². The Bertz CT molecular complexity index is 1400. The van der Waals surface area contributed by atoms with Crippen molar-refractivity contribution in [2.45, 2.75) is 43.8 Å². The van der Waals surface area contributed by atoms with Crippen LogP contribution in [-0.4, -0.2) is 54.2 Å². The molecule has 4 aromatic rings. The second kappa shape index (κ2) is 9.56. The third-order valence-electron chi connectivity index (χ3n) is 8.24. The number of piperazine rings is 1. The Morgan fingerprint density at radius 3 is 2.49 bits per heavy atom. The lowest BCUT2D eigenvalue weighted by Gasteiger charge is -2.42. The highest BCUT2D eigenvalue weighted by molar-refractivity contribution is 5.92. The van der Waals surface area contributed by atoms with E-state index in [1.807, 2.05) is 24.5 Å². The number of fused-ring (bicyclic) bond motifs is 2. The fraction of sp³-hybridized carbons (Fsp3) is 0.414. The summed E-state index contributed by atoms with van der Waals surface area (Å²) < 4.78 is 45.4. The van der Waals surface area contributed by atoms with Gasteiger partial charge in [-0.2, -0.15) is 13.2 Å². The largest absolute Gasteiger partial charge is 0.497 e. The molecule has 194 valence electrons. The van der Waals surface area contributed by atoms with Gasteiger partial charge in [-0.1, -0.05) is 6.07 Å². The van der Waals surface area contributed by atoms with Gasteiger partial charge in [0.1, 0.15) is 5.75 Å². The van der Waals surface area contributed by atoms with E-state index in [4.69, 9.17) is 4.74 Å². The van der Waals surface area contributed by atoms with E-state index in [-0.39, 0.29) is 0 Å². The van der Waals surface area contributed by atoms with Crippen molar-refractivity contribution in [3.63, 3.8) is 0 Å². The van der Waals surface area contributed by atoms with Crippen LogP contribution < -0.4 is 9.64 Å². The Labute approximate surface area is 214 Å². The Balaban J connectivity index is 1.11. The number of nitrogens with one attached hydrogen (secondary N) is 1. The maximum Gasteiger partial charge on any atom is 0.416 e. The molecule has 1 aliphatic carbocycles. The summed E-state index contributed by atoms with van der Waals surface area (Å²) in [6.07, 6.45) is 3.57. The van der Waals surface area contributed by atoms with Crippen LogP contribution in [0.1, 0.15) is 42.7 Å². The molecule has 2 aliphatic rings. The van der Waals surface area contributed by atoms with E-state index in [2.05, 4.69) is 31.9 Å². The number of nitrogens with zero attached hydrogens (tertiary/aromatic N) is 3. The minimum absolute atomic E-state index is 0.295. The highest BCUT2D eigenvalue weighted by Gasteiger charge is 2.33. The first-order chi connectivity index (χ1) is 17.9. The van der Waals surface area contributed by atoms with Gasteiger partial charge in [0.15, 0.2) is 0 Å². The summed E-state index contributed by atoms with van der Waals surface area (Å²) in [6.45, 7) is 3.84. The number of anilines is 1. The van der Waals surface area contributed by atoms with E-state index in [9.17, 15) is 13.2 Å². The number of benzene rings is 2. The molecular formula is C29H31F3N4O. The fourth-order valence-electron chi connectivity index (χ4n) is 6.24. The molecule has 0 unspecified atom stereocenters. The zero-order valence-corrected chi connectivity index (χ0v) is 20.9. The molecule has 2 aromatic heterocycles. The van der Waals surface area contributed by atoms with Crippen molar-refractivity contribution in [2.75, 3.05) is 38.2 Å². The van der Waals surface area contributed by atoms with Gasteiger partial charge in [0.25, 0.3) is 0 Å². The zero-order chi connectivity index (χ0) is 25.6. The summed E-state index contributed by atoms with van der Waals surface area (Å²) in [5, 5.41) is 1.79. The number of hydrogen-bond donors (Lipinski definition) is 1. The molecule has 3 heterocycles. The van der Waals surface area contributed by atoms with Crippen molar-refractivity contribution in [1.82, 2.24) is 14.9 Å². The van der Waals surface area contributed by atoms with Crippen molar-refractivity contribution >= 4 is 27.5 Å². The molecule has 1 aliphatic heterocycles. The number of ether oxygens (including phenoxy) is 1. The van der Waals surface area contributed by atoms with Crippen LogP contribution in [0.25, 0.3) is 21.8 Å². The Hall–Kier alpha value is -3.26. The van der Waals surface area contributed by atoms with E-state index in [1.165, 1.54) is 6.07 Å². The number of aromatic amines is 1. The molecule has 2 fully saturated rings. The second-order valence-corrected chi connectivity index (χ2v) is 10.3. The molecule has 2 aromatic carbocycles. The minimum Gasteiger partial charge on any atom is -0.497 e. The molecule has 1 N–H and O–H groups in total. The molecule has 0 atom stereocenters. The smallest absolute Gasteiger partial charge is 0.416 e. The van der Waals surface area contributed by atoms with Crippen molar-refractivity contribution in [2.24, 2.45) is 0 Å². The maximum atomic E-state index is 13.3. The standard InChI is InChI=1S/C29H31F3N4O/c1-37-23-15-20-3-2-10-33-28(20)27(17-23)36-13-11-35(12-14-36)22-7-4-19(5-8-22)25-18-34-26-9-6-21(16-24(25)26)29(30,31)32/h2-3,6,9-10,15-19,22,34H,4-5,7-8,11-14H2,1H3. The molecular weight excluding hydrogens is 477 g/mol. The second-order valence-electron chi connectivity index (χ2n) is 10.3. The molecule has 5 nitrogen and oxygen atoms in total. The number of rotatable bonds is 4. The Morgan fingerprint density at radius 1 is 0.973 bits per heavy atom. The van der Waals surface area contributed by atoms with E-state index >= 15 is 0 Å². The van der Waals surface area contributed by atoms with Crippen molar-refractivity contribution in [3.8, 4) is 5.75 Å². The summed E-state index contributed by atoms with van der Waals surface area (Å²) in [4.78, 5) is 12.8. The molecule has 1 saturated heterocycles. The molecule has 8 heteroatoms. The van der Waals surface area contributed by atoms with E-state index < -0.39 is 11.7 Å². The van der Waals surface area contributed by atoms with E-state index in [1.54, 1.807) is 13.2 Å². The van der Waals surface area contributed by atoms with Gasteiger partial charge in [-0.3, -0.25) is 9.88 Å². The van der Waals surface area contributed by atoms with Crippen LogP contribution in [0.5, 0.6) is 5.75 Å². The average Bonchev–Trinajstić information content (AvgIpc) is 3.35. The van der Waals surface area contributed by atoms with Crippen molar-refractivity contribution in [1.29, 1.82) is 0 Å². The predicted octanol–water partition coefficient (Wildman–Crippen LogP) is 6.59. The first-order valence-electron chi connectivity index (χ1n) is 13.0. The minimum atomic E-state index is -4.32. The van der Waals surface area contributed by atoms with Gasteiger partial charge in [-0.25, -0.2) is 0 Å². The maximum absolute atomic E-state index is 13.3. The van der Waals surface area contributed by atoms with E-state index in [0.717, 1.165) is 91.3 Å². The molecule has 6 rings (SSSR count). The third-order valence-corrected chi connectivity index (χ3v) is 8.24. The highest BCUT2D eigenvalue weighted by atomic mass is 19.4. The molecule has 0 spiro atoms. The van der Waals surface area contributed by atoms with Crippen LogP contribution in [0.15, 0.2) is 54.9 Å². The first-order valence-corrected chi connectivity index (χ1v) is 13.0. The average molecular weight is 509 g/mol. The van der Waals surface area contributed by atoms with Gasteiger partial charge in [0.05, 0.1) is 23.9 Å². The Morgan fingerprint density at radius 2 is 1.76 bits per heavy atom. The number of H-pyrrole nitrogens is 1. The van der Waals surface area contributed by atoms with Gasteiger partial charge >= 0.3 is 6.18 Å². The predicted molar refractivity (Wildman–Crippen MR) is 140 cm³/mol. The van der Waals surface area contributed by atoms with Crippen molar-refractivity contribution < 1.29 is 17.9 Å². The van der Waals surface area contributed by atoms with Crippen LogP contribution in [0.2, 0.25) is 0 Å². The van der Waals surface area contributed by atoms with Crippen LogP contribution in [-0.2, 0) is 6.18 Å². The molecule has 0 bridgehead atoms. The molecule has 0 amide bonds. The number of methoxy groups -OCH3 is 1. The zero-order valence-electron chi connectivity index (χ0n) is 20.9. The van der Waals surface area contributed by atoms with Crippen LogP contribution >= 0.6 is 0 Å². The molecule has 37 heavy (non-hydrogen) atoms. The van der Waals surface area contributed by atoms with Crippen LogP contribution in [0, 0.1) is 0 Å². The van der Waals surface area contributed by atoms with Crippen LogP contribution in [0.4, 0.5) is 18.9 Å². The highest BCUT2D eigenvalue weighted by Crippen LogP contribution is 2.40. The van der Waals surface area contributed by atoms with Gasteiger partial charge in [0, 0.05) is 67.0 Å². The van der Waals surface area contributed by atoms with Crippen molar-refractivity contribution in [3.05, 3.63) is 66.0 Å². The summed E-state index contributed by atoms with van der Waals surface area (Å²) in [5.74, 6) is 1.14. The lowest BCUT2D eigenvalue weighted by Crippen LogP contribution is -2.51. The lowest BCUT2D eigenvalue weighted by atomic mass is 9.81. The number of hydrogen-bond acceptors (Lipinski definition) is 4. The fourth-order valence-corrected chi connectivity index (χ4v) is 6.24. The monoisotopic (exact) mass is 508 g/mol. The van der Waals surface area contributed by atoms with Crippen LogP contribution in [0.3, 0.4) is 0 Å². The summed E-state index contributed by atoms with van der Waals surface area (Å²) in [5.41, 5.74) is 3.36. The van der Waals surface area contributed by atoms with E-state index in [0.29, 0.717) is 17.3 Å². The first kappa shape index (κ1) is 24.1. The normalized spacial score (nSPS) is 21.6. The molecule has 0 radical (unpaired) electrons. The van der Waals surface area contributed by atoms with Gasteiger partial charge in [0.2, 0.25) is 0 Å². The topological polar surface area (TPSA) is 44.4 Å². The summed E-state index contributed by atoms with van der Waals surface area (Å²) >= 11 is 0. The summed E-state index contributed by atoms with van der Waals surface area (Å²) in [6, 6.07) is 12.7. The third kappa shape index (κ3) is 4.63. The van der Waals surface area contributed by atoms with Gasteiger partial charge < -0.3 is 14.6 Å². The quantitative estimate of drug-likeness (QED) is 0.338. The number of pyridine rings is 1.